The first-order chi connectivity index (χ1) is 14.5. The molecule has 4 heteroatoms. The third-order valence-corrected chi connectivity index (χ3v) is 8.54. The molecule has 160 valence electrons. The summed E-state index contributed by atoms with van der Waals surface area (Å²) in [7, 11) is 1.75. The topological polar surface area (TPSA) is 61.7 Å². The molecule has 0 aromatic heterocycles. The van der Waals surface area contributed by atoms with Crippen molar-refractivity contribution in [1.82, 2.24) is 5.32 Å². The Hall–Kier alpha value is -2.20. The van der Waals surface area contributed by atoms with Crippen molar-refractivity contribution >= 4 is 0 Å². The summed E-state index contributed by atoms with van der Waals surface area (Å²) in [6.45, 7) is 3.09. The summed E-state index contributed by atoms with van der Waals surface area (Å²) in [6, 6.07) is 11.9. The average molecular weight is 408 g/mol. The highest BCUT2D eigenvalue weighted by molar-refractivity contribution is 5.41. The van der Waals surface area contributed by atoms with Crippen molar-refractivity contribution < 1.29 is 14.9 Å². The van der Waals surface area contributed by atoms with Crippen LogP contribution in [-0.2, 0) is 13.0 Å². The van der Waals surface area contributed by atoms with E-state index in [1.807, 2.05) is 0 Å². The molecule has 0 unspecified atom stereocenters. The van der Waals surface area contributed by atoms with E-state index < -0.39 is 0 Å². The normalized spacial score (nSPS) is 32.2. The van der Waals surface area contributed by atoms with Crippen LogP contribution in [-0.4, -0.2) is 23.4 Å². The predicted molar refractivity (Wildman–Crippen MR) is 118 cm³/mol. The fraction of sp³-hybridized carbons (Fsp3) is 0.538. The highest BCUT2D eigenvalue weighted by Gasteiger charge is 2.54. The molecule has 0 bridgehead atoms. The summed E-state index contributed by atoms with van der Waals surface area (Å²) in [4.78, 5) is 0. The van der Waals surface area contributed by atoms with Crippen LogP contribution in [0.5, 0.6) is 17.2 Å². The van der Waals surface area contributed by atoms with Crippen LogP contribution in [0.2, 0.25) is 0 Å². The second kappa shape index (κ2) is 7.49. The van der Waals surface area contributed by atoms with E-state index in [1.54, 1.807) is 24.8 Å². The third-order valence-electron chi connectivity index (χ3n) is 8.54. The fourth-order valence-corrected chi connectivity index (χ4v) is 6.97. The minimum atomic E-state index is 0.207. The lowest BCUT2D eigenvalue weighted by Gasteiger charge is -2.51. The highest BCUT2D eigenvalue weighted by Crippen LogP contribution is 2.61. The van der Waals surface area contributed by atoms with Gasteiger partial charge in [0.1, 0.15) is 17.2 Å². The summed E-state index contributed by atoms with van der Waals surface area (Å²) < 4.78 is 5.45. The van der Waals surface area contributed by atoms with E-state index in [0.29, 0.717) is 23.9 Å². The van der Waals surface area contributed by atoms with Gasteiger partial charge in [-0.25, -0.2) is 0 Å². The molecular formula is C26H33NO3. The number of aryl methyl sites for hydroxylation is 1. The molecule has 0 radical (unpaired) electrons. The van der Waals surface area contributed by atoms with E-state index in [0.717, 1.165) is 29.6 Å². The third kappa shape index (κ3) is 3.17. The fourth-order valence-electron chi connectivity index (χ4n) is 6.97. The summed E-state index contributed by atoms with van der Waals surface area (Å²) in [6.07, 6.45) is 7.42. The quantitative estimate of drug-likeness (QED) is 0.616. The Kier molecular flexibility index (Phi) is 4.93. The summed E-state index contributed by atoms with van der Waals surface area (Å²) >= 11 is 0. The molecule has 30 heavy (non-hydrogen) atoms. The Labute approximate surface area is 179 Å². The maximum absolute atomic E-state index is 10.1. The van der Waals surface area contributed by atoms with Gasteiger partial charge in [-0.15, -0.1) is 0 Å². The molecule has 4 nitrogen and oxygen atoms in total. The molecule has 0 amide bonds. The van der Waals surface area contributed by atoms with Gasteiger partial charge in [0.05, 0.1) is 7.11 Å². The van der Waals surface area contributed by atoms with Gasteiger partial charge < -0.3 is 20.3 Å². The monoisotopic (exact) mass is 407 g/mol. The Balaban J connectivity index is 1.33. The molecule has 0 spiro atoms. The smallest absolute Gasteiger partial charge is 0.120 e. The van der Waals surface area contributed by atoms with E-state index in [1.165, 1.54) is 43.7 Å². The SMILES string of the molecule is COc1ccc2c(c1)CC[C@@H]1[C@@H]2CC[C@]2(C)[C@@H](NCc3cc(O)ccc3O)CC[C@@H]12. The van der Waals surface area contributed by atoms with Crippen molar-refractivity contribution in [3.63, 3.8) is 0 Å². The van der Waals surface area contributed by atoms with E-state index >= 15 is 0 Å². The lowest BCUT2D eigenvalue weighted by Crippen LogP contribution is -2.48. The number of rotatable bonds is 4. The van der Waals surface area contributed by atoms with Gasteiger partial charge in [0.25, 0.3) is 0 Å². The second-order valence-corrected chi connectivity index (χ2v) is 9.85. The molecule has 5 rings (SSSR count). The van der Waals surface area contributed by atoms with Gasteiger partial charge in [-0.05, 0) is 103 Å². The van der Waals surface area contributed by atoms with Gasteiger partial charge in [0, 0.05) is 18.2 Å². The Bertz CT molecular complexity index is 942. The van der Waals surface area contributed by atoms with Gasteiger partial charge >= 0.3 is 0 Å². The van der Waals surface area contributed by atoms with Crippen LogP contribution in [0.15, 0.2) is 36.4 Å². The number of aromatic hydroxyl groups is 2. The Morgan fingerprint density at radius 2 is 1.93 bits per heavy atom. The van der Waals surface area contributed by atoms with Crippen molar-refractivity contribution in [2.75, 3.05) is 7.11 Å². The number of ether oxygens (including phenoxy) is 1. The lowest BCUT2D eigenvalue weighted by atomic mass is 9.55. The average Bonchev–Trinajstić information content (AvgIpc) is 3.10. The zero-order chi connectivity index (χ0) is 20.9. The molecule has 2 fully saturated rings. The molecule has 3 N–H and O–H groups in total. The number of fused-ring (bicyclic) bond motifs is 5. The lowest BCUT2D eigenvalue weighted by molar-refractivity contribution is 0.0407. The first-order valence-corrected chi connectivity index (χ1v) is 11.4. The molecule has 0 heterocycles. The number of methoxy groups -OCH3 is 1. The summed E-state index contributed by atoms with van der Waals surface area (Å²) in [5, 5.41) is 23.6. The second-order valence-electron chi connectivity index (χ2n) is 9.85. The van der Waals surface area contributed by atoms with Crippen LogP contribution < -0.4 is 10.1 Å². The van der Waals surface area contributed by atoms with Crippen LogP contribution in [0.1, 0.15) is 61.6 Å². The summed E-state index contributed by atoms with van der Waals surface area (Å²) in [5.41, 5.74) is 4.13. The maximum atomic E-state index is 10.1. The van der Waals surface area contributed by atoms with Crippen molar-refractivity contribution in [2.45, 2.75) is 64.0 Å². The largest absolute Gasteiger partial charge is 0.508 e. The zero-order valence-electron chi connectivity index (χ0n) is 18.0. The van der Waals surface area contributed by atoms with Gasteiger partial charge in [-0.3, -0.25) is 0 Å². The Morgan fingerprint density at radius 3 is 2.77 bits per heavy atom. The number of hydrogen-bond acceptors (Lipinski definition) is 4. The highest BCUT2D eigenvalue weighted by atomic mass is 16.5. The predicted octanol–water partition coefficient (Wildman–Crippen LogP) is 5.12. The van der Waals surface area contributed by atoms with Gasteiger partial charge in [-0.2, -0.15) is 0 Å². The van der Waals surface area contributed by atoms with Gasteiger partial charge in [0.2, 0.25) is 0 Å². The number of phenols is 2. The van der Waals surface area contributed by atoms with E-state index in [-0.39, 0.29) is 11.5 Å². The zero-order valence-corrected chi connectivity index (χ0v) is 18.0. The number of phenolic OH excluding ortho intramolecular Hbond substituents is 2. The molecular weight excluding hydrogens is 374 g/mol. The van der Waals surface area contributed by atoms with Crippen LogP contribution in [0.4, 0.5) is 0 Å². The van der Waals surface area contributed by atoms with Crippen LogP contribution in [0.25, 0.3) is 0 Å². The van der Waals surface area contributed by atoms with E-state index in [4.69, 9.17) is 4.74 Å². The molecule has 0 aliphatic heterocycles. The first kappa shape index (κ1) is 19.7. The van der Waals surface area contributed by atoms with E-state index in [9.17, 15) is 10.2 Å². The van der Waals surface area contributed by atoms with Crippen molar-refractivity contribution in [3.05, 3.63) is 53.1 Å². The first-order valence-electron chi connectivity index (χ1n) is 11.4. The molecule has 2 saturated carbocycles. The Morgan fingerprint density at radius 1 is 1.07 bits per heavy atom. The van der Waals surface area contributed by atoms with Gasteiger partial charge in [0.15, 0.2) is 0 Å². The summed E-state index contributed by atoms with van der Waals surface area (Å²) in [5.74, 6) is 3.65. The standard InChI is InChI=1S/C26H33NO3/c1-26-12-11-21-20-7-5-19(30-2)14-16(20)3-6-22(21)23(26)8-10-25(26)27-15-17-13-18(28)4-9-24(17)29/h4-5,7,9,13-14,21-23,25,27-29H,3,6,8,10-12,15H2,1-2H3/t21-,22-,23+,25+,26+/m1/s1. The van der Waals surface area contributed by atoms with Crippen LogP contribution in [0.3, 0.4) is 0 Å². The number of benzene rings is 2. The molecule has 5 atom stereocenters. The molecule has 2 aromatic rings. The van der Waals surface area contributed by atoms with Crippen LogP contribution >= 0.6 is 0 Å². The molecule has 3 aliphatic rings. The molecule has 2 aromatic carbocycles. The van der Waals surface area contributed by atoms with Crippen molar-refractivity contribution in [1.29, 1.82) is 0 Å². The molecule has 0 saturated heterocycles. The van der Waals surface area contributed by atoms with Crippen LogP contribution in [0, 0.1) is 17.3 Å². The number of hydrogen-bond donors (Lipinski definition) is 3. The van der Waals surface area contributed by atoms with E-state index in [2.05, 4.69) is 30.4 Å². The van der Waals surface area contributed by atoms with Gasteiger partial charge in [-0.1, -0.05) is 13.0 Å². The minimum absolute atomic E-state index is 0.207. The minimum Gasteiger partial charge on any atom is -0.508 e. The van der Waals surface area contributed by atoms with Crippen molar-refractivity contribution in [2.24, 2.45) is 17.3 Å². The van der Waals surface area contributed by atoms with Crippen molar-refractivity contribution in [3.8, 4) is 17.2 Å². The number of nitrogens with one attached hydrogen (secondary N) is 1. The molecule has 3 aliphatic carbocycles. The maximum Gasteiger partial charge on any atom is 0.120 e.